The van der Waals surface area contributed by atoms with Crippen LogP contribution in [-0.2, 0) is 4.79 Å². The van der Waals surface area contributed by atoms with E-state index >= 15 is 0 Å². The molecule has 0 saturated heterocycles. The molecule has 0 spiro atoms. The molecular formula is C14H22N2O2. The summed E-state index contributed by atoms with van der Waals surface area (Å²) in [5.41, 5.74) is 6.80. The van der Waals surface area contributed by atoms with E-state index < -0.39 is 6.04 Å². The highest BCUT2D eigenvalue weighted by molar-refractivity contribution is 5.82. The second-order valence-electron chi connectivity index (χ2n) is 4.78. The van der Waals surface area contributed by atoms with Gasteiger partial charge in [-0.05, 0) is 30.5 Å². The zero-order valence-corrected chi connectivity index (χ0v) is 11.4. The van der Waals surface area contributed by atoms with Crippen LogP contribution < -0.4 is 15.8 Å². The second kappa shape index (κ2) is 6.40. The summed E-state index contributed by atoms with van der Waals surface area (Å²) in [7, 11) is 1.62. The van der Waals surface area contributed by atoms with Crippen LogP contribution in [-0.4, -0.2) is 19.1 Å². The Kier molecular flexibility index (Phi) is 5.16. The van der Waals surface area contributed by atoms with Crippen LogP contribution in [0.4, 0.5) is 0 Å². The molecule has 4 heteroatoms. The smallest absolute Gasteiger partial charge is 0.237 e. The summed E-state index contributed by atoms with van der Waals surface area (Å²) >= 11 is 0. The summed E-state index contributed by atoms with van der Waals surface area (Å²) in [6.07, 6.45) is 0. The number of amides is 1. The summed E-state index contributed by atoms with van der Waals surface area (Å²) in [5, 5.41) is 2.91. The van der Waals surface area contributed by atoms with E-state index in [1.54, 1.807) is 7.11 Å². The highest BCUT2D eigenvalue weighted by Crippen LogP contribution is 2.18. The van der Waals surface area contributed by atoms with Gasteiger partial charge in [0.25, 0.3) is 0 Å². The minimum Gasteiger partial charge on any atom is -0.497 e. The molecule has 0 aromatic heterocycles. The number of nitrogens with two attached hydrogens (primary N) is 1. The van der Waals surface area contributed by atoms with Crippen LogP contribution in [0, 0.1) is 5.92 Å². The van der Waals surface area contributed by atoms with Gasteiger partial charge < -0.3 is 15.8 Å². The Hall–Kier alpha value is -1.55. The predicted molar refractivity (Wildman–Crippen MR) is 72.4 cm³/mol. The highest BCUT2D eigenvalue weighted by Gasteiger charge is 2.19. The first-order valence-electron chi connectivity index (χ1n) is 6.15. The molecule has 2 atom stereocenters. The third-order valence-corrected chi connectivity index (χ3v) is 2.97. The number of methoxy groups -OCH3 is 1. The minimum atomic E-state index is -0.474. The topological polar surface area (TPSA) is 64.3 Å². The first kappa shape index (κ1) is 14.5. The third kappa shape index (κ3) is 3.74. The average Bonchev–Trinajstić information content (AvgIpc) is 2.37. The average molecular weight is 250 g/mol. The third-order valence-electron chi connectivity index (χ3n) is 2.97. The van der Waals surface area contributed by atoms with Crippen LogP contribution in [0.15, 0.2) is 24.3 Å². The quantitative estimate of drug-likeness (QED) is 0.838. The number of rotatable bonds is 5. The largest absolute Gasteiger partial charge is 0.497 e. The van der Waals surface area contributed by atoms with Crippen molar-refractivity contribution in [3.8, 4) is 5.75 Å². The van der Waals surface area contributed by atoms with Crippen molar-refractivity contribution in [1.29, 1.82) is 0 Å². The lowest BCUT2D eigenvalue weighted by Crippen LogP contribution is -2.44. The summed E-state index contributed by atoms with van der Waals surface area (Å²) in [6.45, 7) is 5.79. The van der Waals surface area contributed by atoms with Gasteiger partial charge in [0.15, 0.2) is 0 Å². The van der Waals surface area contributed by atoms with Gasteiger partial charge in [-0.15, -0.1) is 0 Å². The number of carbonyl (C=O) groups excluding carboxylic acids is 1. The van der Waals surface area contributed by atoms with Crippen LogP contribution in [0.3, 0.4) is 0 Å². The van der Waals surface area contributed by atoms with Gasteiger partial charge in [0.05, 0.1) is 19.2 Å². The van der Waals surface area contributed by atoms with E-state index in [2.05, 4.69) is 5.32 Å². The molecule has 18 heavy (non-hydrogen) atoms. The fourth-order valence-electron chi connectivity index (χ4n) is 1.61. The van der Waals surface area contributed by atoms with E-state index in [-0.39, 0.29) is 17.9 Å². The molecule has 100 valence electrons. The fraction of sp³-hybridized carbons (Fsp3) is 0.500. The lowest BCUT2D eigenvalue weighted by atomic mass is 10.0. The Labute approximate surface area is 109 Å². The van der Waals surface area contributed by atoms with Crippen molar-refractivity contribution >= 4 is 5.91 Å². The Morgan fingerprint density at radius 2 is 2.00 bits per heavy atom. The molecule has 0 aliphatic carbocycles. The zero-order valence-electron chi connectivity index (χ0n) is 11.4. The molecule has 0 saturated carbocycles. The lowest BCUT2D eigenvalue weighted by molar-refractivity contribution is -0.123. The monoisotopic (exact) mass is 250 g/mol. The fourth-order valence-corrected chi connectivity index (χ4v) is 1.61. The summed E-state index contributed by atoms with van der Waals surface area (Å²) in [4.78, 5) is 11.9. The van der Waals surface area contributed by atoms with Gasteiger partial charge in [-0.25, -0.2) is 0 Å². The molecule has 1 amide bonds. The normalized spacial score (nSPS) is 14.1. The zero-order chi connectivity index (χ0) is 13.7. The number of hydrogen-bond donors (Lipinski definition) is 2. The van der Waals surface area contributed by atoms with Crippen molar-refractivity contribution in [2.75, 3.05) is 7.11 Å². The van der Waals surface area contributed by atoms with E-state index in [0.717, 1.165) is 11.3 Å². The van der Waals surface area contributed by atoms with E-state index in [1.807, 2.05) is 45.0 Å². The Morgan fingerprint density at radius 1 is 1.33 bits per heavy atom. The van der Waals surface area contributed by atoms with Gasteiger partial charge in [-0.2, -0.15) is 0 Å². The van der Waals surface area contributed by atoms with Crippen LogP contribution in [0.5, 0.6) is 5.75 Å². The number of nitrogens with one attached hydrogen (secondary N) is 1. The molecule has 1 aromatic carbocycles. The van der Waals surface area contributed by atoms with Crippen LogP contribution in [0.1, 0.15) is 32.4 Å². The number of benzene rings is 1. The van der Waals surface area contributed by atoms with Crippen LogP contribution >= 0.6 is 0 Å². The maximum Gasteiger partial charge on any atom is 0.237 e. The molecule has 0 aliphatic rings. The first-order valence-corrected chi connectivity index (χ1v) is 6.15. The molecule has 3 N–H and O–H groups in total. The Morgan fingerprint density at radius 3 is 2.56 bits per heavy atom. The maximum absolute atomic E-state index is 11.9. The number of hydrogen-bond acceptors (Lipinski definition) is 3. The predicted octanol–water partition coefficient (Wildman–Crippen LogP) is 1.86. The van der Waals surface area contributed by atoms with E-state index in [9.17, 15) is 4.79 Å². The van der Waals surface area contributed by atoms with Gasteiger partial charge in [0, 0.05) is 0 Å². The van der Waals surface area contributed by atoms with Crippen LogP contribution in [0.25, 0.3) is 0 Å². The molecular weight excluding hydrogens is 228 g/mol. The van der Waals surface area contributed by atoms with Gasteiger partial charge in [0.1, 0.15) is 5.75 Å². The Balaban J connectivity index is 2.70. The van der Waals surface area contributed by atoms with Crippen molar-refractivity contribution < 1.29 is 9.53 Å². The van der Waals surface area contributed by atoms with Gasteiger partial charge in [0.2, 0.25) is 5.91 Å². The lowest BCUT2D eigenvalue weighted by Gasteiger charge is -2.20. The van der Waals surface area contributed by atoms with E-state index in [1.165, 1.54) is 0 Å². The highest BCUT2D eigenvalue weighted by atomic mass is 16.5. The molecule has 1 aromatic rings. The number of carbonyl (C=O) groups is 1. The molecule has 0 aliphatic heterocycles. The van der Waals surface area contributed by atoms with Crippen molar-refractivity contribution in [3.63, 3.8) is 0 Å². The standard InChI is InChI=1S/C14H22N2O2/c1-9(2)13(15)14(17)16-10(3)11-6-5-7-12(8-11)18-4/h5-10,13H,15H2,1-4H3,(H,16,17)/t10-,13?/m1/s1. The van der Waals surface area contributed by atoms with Crippen molar-refractivity contribution in [2.45, 2.75) is 32.9 Å². The summed E-state index contributed by atoms with van der Waals surface area (Å²) in [6, 6.07) is 7.08. The van der Waals surface area contributed by atoms with Crippen LogP contribution in [0.2, 0.25) is 0 Å². The van der Waals surface area contributed by atoms with Gasteiger partial charge in [-0.3, -0.25) is 4.79 Å². The van der Waals surface area contributed by atoms with E-state index in [0.29, 0.717) is 0 Å². The molecule has 0 fully saturated rings. The minimum absolute atomic E-state index is 0.0857. The SMILES string of the molecule is COc1cccc([C@@H](C)NC(=O)C(N)C(C)C)c1. The van der Waals surface area contributed by atoms with Crippen molar-refractivity contribution in [1.82, 2.24) is 5.32 Å². The molecule has 1 rings (SSSR count). The maximum atomic E-state index is 11.9. The molecule has 0 bridgehead atoms. The Bertz CT molecular complexity index is 405. The molecule has 0 heterocycles. The summed E-state index contributed by atoms with van der Waals surface area (Å²) < 4.78 is 5.16. The van der Waals surface area contributed by atoms with Gasteiger partial charge in [-0.1, -0.05) is 26.0 Å². The van der Waals surface area contributed by atoms with Gasteiger partial charge >= 0.3 is 0 Å². The van der Waals surface area contributed by atoms with E-state index in [4.69, 9.17) is 10.5 Å². The second-order valence-corrected chi connectivity index (χ2v) is 4.78. The molecule has 0 radical (unpaired) electrons. The van der Waals surface area contributed by atoms with Crippen molar-refractivity contribution in [2.24, 2.45) is 11.7 Å². The first-order chi connectivity index (χ1) is 8.45. The summed E-state index contributed by atoms with van der Waals surface area (Å²) in [5.74, 6) is 0.782. The molecule has 1 unspecified atom stereocenters. The number of ether oxygens (including phenoxy) is 1. The van der Waals surface area contributed by atoms with Crippen molar-refractivity contribution in [3.05, 3.63) is 29.8 Å². The molecule has 4 nitrogen and oxygen atoms in total.